The van der Waals surface area contributed by atoms with Crippen molar-refractivity contribution in [3.05, 3.63) is 45.5 Å². The monoisotopic (exact) mass is 562 g/mol. The molecule has 4 aromatic rings. The zero-order valence-electron chi connectivity index (χ0n) is 24.7. The second-order valence-electron chi connectivity index (χ2n) is 11.0. The molecule has 0 aliphatic carbocycles. The normalized spacial score (nSPS) is 11.3. The second-order valence-corrected chi connectivity index (χ2v) is 11.0. The minimum absolute atomic E-state index is 0.00512. The fraction of sp³-hybridized carbons (Fsp3) is 0.333. The van der Waals surface area contributed by atoms with Crippen LogP contribution in [0.25, 0.3) is 32.7 Å². The third-order valence-corrected chi connectivity index (χ3v) is 7.22. The molecule has 0 heterocycles. The molecule has 0 aromatic heterocycles. The fourth-order valence-corrected chi connectivity index (χ4v) is 5.60. The maximum absolute atomic E-state index is 12.0. The standard InChI is InChI=1S/C30H30O8.C3H8/c1-11(2)19-15-7-13(5)21(27(35)23(15)17(9-31)25(33)29(19)37)22-14(6)8-16-20(12(3)4)30(38)26(34)18(10-32)24(16)28(22)36;1-3-2/h7-12,33-38H,1-6H3;3H2,1-2H3. The Hall–Kier alpha value is -4.46. The van der Waals surface area contributed by atoms with Gasteiger partial charge in [-0.2, -0.15) is 0 Å². The lowest BCUT2D eigenvalue weighted by atomic mass is 9.83. The van der Waals surface area contributed by atoms with Gasteiger partial charge in [-0.25, -0.2) is 0 Å². The van der Waals surface area contributed by atoms with E-state index in [4.69, 9.17) is 0 Å². The van der Waals surface area contributed by atoms with Gasteiger partial charge in [0.15, 0.2) is 35.6 Å². The van der Waals surface area contributed by atoms with E-state index in [9.17, 15) is 40.2 Å². The lowest BCUT2D eigenvalue weighted by Gasteiger charge is -2.23. The van der Waals surface area contributed by atoms with Crippen LogP contribution in [0.4, 0.5) is 0 Å². The van der Waals surface area contributed by atoms with E-state index >= 15 is 0 Å². The maximum Gasteiger partial charge on any atom is 0.169 e. The Balaban J connectivity index is 0.00000147. The summed E-state index contributed by atoms with van der Waals surface area (Å²) >= 11 is 0. The maximum atomic E-state index is 12.0. The molecule has 218 valence electrons. The van der Waals surface area contributed by atoms with E-state index < -0.39 is 34.5 Å². The molecule has 8 nitrogen and oxygen atoms in total. The van der Waals surface area contributed by atoms with Crippen LogP contribution in [0.5, 0.6) is 34.5 Å². The van der Waals surface area contributed by atoms with Gasteiger partial charge >= 0.3 is 0 Å². The predicted octanol–water partition coefficient (Wildman–Crippen LogP) is 7.80. The summed E-state index contributed by atoms with van der Waals surface area (Å²) < 4.78 is 0. The summed E-state index contributed by atoms with van der Waals surface area (Å²) in [5.74, 6) is -3.57. The highest BCUT2D eigenvalue weighted by Crippen LogP contribution is 2.54. The zero-order chi connectivity index (χ0) is 31.1. The number of hydrogen-bond donors (Lipinski definition) is 6. The van der Waals surface area contributed by atoms with Gasteiger partial charge in [0.05, 0.1) is 11.1 Å². The van der Waals surface area contributed by atoms with Crippen molar-refractivity contribution in [3.63, 3.8) is 0 Å². The Labute approximate surface area is 239 Å². The average Bonchev–Trinajstić information content (AvgIpc) is 2.88. The molecule has 0 saturated carbocycles. The minimum Gasteiger partial charge on any atom is -0.507 e. The van der Waals surface area contributed by atoms with Gasteiger partial charge < -0.3 is 30.6 Å². The summed E-state index contributed by atoms with van der Waals surface area (Å²) in [6, 6.07) is 3.31. The Kier molecular flexibility index (Phi) is 8.77. The van der Waals surface area contributed by atoms with Crippen LogP contribution in [0.2, 0.25) is 0 Å². The van der Waals surface area contributed by atoms with Gasteiger partial charge in [0.2, 0.25) is 0 Å². The number of phenolic OH excluding ortho intramolecular Hbond substituents is 6. The number of phenols is 6. The first kappa shape index (κ1) is 31.1. The van der Waals surface area contributed by atoms with Crippen LogP contribution in [-0.2, 0) is 0 Å². The molecule has 4 rings (SSSR count). The molecular formula is C33H38O8. The van der Waals surface area contributed by atoms with Crippen LogP contribution >= 0.6 is 0 Å². The Bertz CT molecular complexity index is 1570. The van der Waals surface area contributed by atoms with E-state index in [1.54, 1.807) is 53.7 Å². The largest absolute Gasteiger partial charge is 0.507 e. The molecule has 0 atom stereocenters. The van der Waals surface area contributed by atoms with Gasteiger partial charge in [0, 0.05) is 33.0 Å². The summed E-state index contributed by atoms with van der Waals surface area (Å²) in [5.41, 5.74) is 1.33. The number of aryl methyl sites for hydroxylation is 2. The molecule has 0 spiro atoms. The van der Waals surface area contributed by atoms with Crippen molar-refractivity contribution in [2.24, 2.45) is 0 Å². The molecule has 0 bridgehead atoms. The number of carbonyl (C=O) groups is 2. The van der Waals surface area contributed by atoms with Crippen molar-refractivity contribution >= 4 is 34.1 Å². The Morgan fingerprint density at radius 2 is 0.878 bits per heavy atom. The number of benzene rings is 4. The van der Waals surface area contributed by atoms with Gasteiger partial charge in [-0.1, -0.05) is 60.1 Å². The van der Waals surface area contributed by atoms with E-state index in [0.717, 1.165) is 0 Å². The molecule has 0 unspecified atom stereocenters. The van der Waals surface area contributed by atoms with Gasteiger partial charge in [-0.3, -0.25) is 9.59 Å². The summed E-state index contributed by atoms with van der Waals surface area (Å²) in [5, 5.41) is 66.4. The van der Waals surface area contributed by atoms with Crippen LogP contribution in [0.15, 0.2) is 12.1 Å². The number of aromatic hydroxyl groups is 6. The van der Waals surface area contributed by atoms with E-state index in [1.807, 2.05) is 0 Å². The first-order valence-corrected chi connectivity index (χ1v) is 13.6. The molecule has 41 heavy (non-hydrogen) atoms. The molecule has 8 heteroatoms. The molecule has 4 aromatic carbocycles. The third kappa shape index (κ3) is 4.77. The number of carbonyl (C=O) groups excluding carboxylic acids is 2. The molecule has 0 saturated heterocycles. The first-order valence-electron chi connectivity index (χ1n) is 13.6. The van der Waals surface area contributed by atoms with Gasteiger partial charge in [0.1, 0.15) is 11.5 Å². The molecule has 6 N–H and O–H groups in total. The lowest BCUT2D eigenvalue weighted by molar-refractivity contribution is 0.111. The summed E-state index contributed by atoms with van der Waals surface area (Å²) in [6.45, 7) is 14.8. The lowest BCUT2D eigenvalue weighted by Crippen LogP contribution is -2.01. The van der Waals surface area contributed by atoms with Crippen LogP contribution < -0.4 is 0 Å². The van der Waals surface area contributed by atoms with Crippen molar-refractivity contribution < 1.29 is 40.2 Å². The highest BCUT2D eigenvalue weighted by atomic mass is 16.3. The van der Waals surface area contributed by atoms with Crippen LogP contribution in [0.1, 0.15) is 103 Å². The SMILES string of the molecule is CCC.Cc1cc2c(C(C)C)c(O)c(O)c(C=O)c2c(O)c1-c1c(C)cc2c(C(C)C)c(O)c(O)c(C=O)c2c1O. The quantitative estimate of drug-likeness (QED) is 0.106. The van der Waals surface area contributed by atoms with Crippen molar-refractivity contribution in [2.75, 3.05) is 0 Å². The second kappa shape index (κ2) is 11.6. The van der Waals surface area contributed by atoms with Crippen molar-refractivity contribution in [1.29, 1.82) is 0 Å². The van der Waals surface area contributed by atoms with Crippen LogP contribution in [-0.4, -0.2) is 43.2 Å². The zero-order valence-corrected chi connectivity index (χ0v) is 24.7. The molecule has 0 radical (unpaired) electrons. The number of aldehydes is 2. The van der Waals surface area contributed by atoms with Crippen molar-refractivity contribution in [2.45, 2.75) is 73.6 Å². The topological polar surface area (TPSA) is 156 Å². The van der Waals surface area contributed by atoms with E-state index in [0.29, 0.717) is 45.6 Å². The predicted molar refractivity (Wildman–Crippen MR) is 161 cm³/mol. The molecular weight excluding hydrogens is 524 g/mol. The number of hydrogen-bond acceptors (Lipinski definition) is 8. The van der Waals surface area contributed by atoms with E-state index in [1.165, 1.54) is 6.42 Å². The summed E-state index contributed by atoms with van der Waals surface area (Å²) in [7, 11) is 0. The smallest absolute Gasteiger partial charge is 0.169 e. The molecule has 0 amide bonds. The first-order chi connectivity index (χ1) is 19.2. The fourth-order valence-electron chi connectivity index (χ4n) is 5.60. The molecule has 0 aliphatic rings. The van der Waals surface area contributed by atoms with Gasteiger partial charge in [-0.15, -0.1) is 0 Å². The van der Waals surface area contributed by atoms with E-state index in [-0.39, 0.29) is 44.9 Å². The number of fused-ring (bicyclic) bond motifs is 2. The van der Waals surface area contributed by atoms with Crippen molar-refractivity contribution in [1.82, 2.24) is 0 Å². The van der Waals surface area contributed by atoms with Gasteiger partial charge in [-0.05, 0) is 47.6 Å². The number of rotatable bonds is 5. The minimum atomic E-state index is -0.661. The van der Waals surface area contributed by atoms with Crippen LogP contribution in [0, 0.1) is 13.8 Å². The highest BCUT2D eigenvalue weighted by molar-refractivity contribution is 6.14. The molecule has 0 fully saturated rings. The Morgan fingerprint density at radius 1 is 0.585 bits per heavy atom. The van der Waals surface area contributed by atoms with Gasteiger partial charge in [0.25, 0.3) is 0 Å². The van der Waals surface area contributed by atoms with Crippen LogP contribution in [0.3, 0.4) is 0 Å². The Morgan fingerprint density at radius 3 is 1.12 bits per heavy atom. The molecule has 0 aliphatic heterocycles. The van der Waals surface area contributed by atoms with E-state index in [2.05, 4.69) is 13.8 Å². The average molecular weight is 563 g/mol. The summed E-state index contributed by atoms with van der Waals surface area (Å²) in [6.07, 6.45) is 1.93. The summed E-state index contributed by atoms with van der Waals surface area (Å²) in [4.78, 5) is 24.0. The van der Waals surface area contributed by atoms with Crippen molar-refractivity contribution in [3.8, 4) is 45.6 Å². The third-order valence-electron chi connectivity index (χ3n) is 7.22. The highest BCUT2D eigenvalue weighted by Gasteiger charge is 2.29.